The van der Waals surface area contributed by atoms with Gasteiger partial charge < -0.3 is 71.9 Å². The summed E-state index contributed by atoms with van der Waals surface area (Å²) in [4.78, 5) is 9.70. The summed E-state index contributed by atoms with van der Waals surface area (Å²) in [5.41, 5.74) is 0. The van der Waals surface area contributed by atoms with Crippen molar-refractivity contribution in [3.05, 3.63) is 0 Å². The third-order valence-electron chi connectivity index (χ3n) is 0.575. The number of aliphatic carboxylic acids is 1. The summed E-state index contributed by atoms with van der Waals surface area (Å²) in [6.45, 7) is 3.69. The molecule has 0 bridgehead atoms. The fourth-order valence-corrected chi connectivity index (χ4v) is 0.333. The minimum atomic E-state index is -0.963. The van der Waals surface area contributed by atoms with Gasteiger partial charge in [0.1, 0.15) is 0 Å². The molecule has 0 unspecified atom stereocenters. The van der Waals surface area contributed by atoms with Gasteiger partial charge in [-0.05, 0) is 12.3 Å². The maximum atomic E-state index is 9.70. The molecule has 0 N–H and O–H groups in total. The van der Waals surface area contributed by atoms with Gasteiger partial charge in [-0.2, -0.15) is 0 Å². The van der Waals surface area contributed by atoms with Gasteiger partial charge in [0.25, 0.3) is 0 Å². The molecule has 0 saturated heterocycles. The molecule has 0 rings (SSSR count). The molecule has 0 radical (unpaired) electrons. The second-order valence-electron chi connectivity index (χ2n) is 1.97. The van der Waals surface area contributed by atoms with Gasteiger partial charge in [-0.1, -0.05) is 13.8 Å². The molecule has 8 heteroatoms. The van der Waals surface area contributed by atoms with Gasteiger partial charge in [0, 0.05) is 5.97 Å². The molecule has 0 fully saturated rings. The number of hydrogen-bond donors (Lipinski definition) is 0. The Morgan fingerprint density at radius 3 is 1.31 bits per heavy atom. The second kappa shape index (κ2) is 29.2. The predicted molar refractivity (Wildman–Crippen MR) is 24.5 cm³/mol. The molecule has 0 heterocycles. The van der Waals surface area contributed by atoms with Gasteiger partial charge in [-0.3, -0.25) is 0 Å². The van der Waals surface area contributed by atoms with E-state index in [-0.39, 0.29) is 91.7 Å². The van der Waals surface area contributed by atoms with Crippen LogP contribution in [0.3, 0.4) is 0 Å². The van der Waals surface area contributed by atoms with Crippen molar-refractivity contribution >= 4 is 5.97 Å². The van der Waals surface area contributed by atoms with Crippen molar-refractivity contribution in [3.8, 4) is 0 Å². The van der Waals surface area contributed by atoms with Crippen LogP contribution < -0.4 is 67.1 Å². The van der Waals surface area contributed by atoms with Crippen LogP contribution in [0, 0.1) is 5.92 Å². The smallest absolute Gasteiger partial charge is 1.00 e. The molecular weight excluding hydrogens is 321 g/mol. The summed E-state index contributed by atoms with van der Waals surface area (Å²) in [5.74, 6) is -0.750. The summed E-state index contributed by atoms with van der Waals surface area (Å²) in [6, 6.07) is 0. The average molecular weight is 330 g/mol. The molecule has 13 heavy (non-hydrogen) atoms. The first kappa shape index (κ1) is 47.1. The van der Waals surface area contributed by atoms with Crippen molar-refractivity contribution in [2.45, 2.75) is 20.3 Å². The van der Waals surface area contributed by atoms with E-state index in [4.69, 9.17) is 0 Å². The van der Waals surface area contributed by atoms with E-state index in [1.807, 2.05) is 13.8 Å². The van der Waals surface area contributed by atoms with E-state index in [2.05, 4.69) is 0 Å². The molecule has 0 aliphatic heterocycles. The first-order valence-corrected chi connectivity index (χ1v) is 2.32. The van der Waals surface area contributed by atoms with E-state index in [9.17, 15) is 9.90 Å². The fourth-order valence-electron chi connectivity index (χ4n) is 0.333. The molecule has 0 aliphatic carbocycles. The second-order valence-corrected chi connectivity index (χ2v) is 1.97. The molecule has 0 aromatic rings. The van der Waals surface area contributed by atoms with Crippen LogP contribution in [0.15, 0.2) is 0 Å². The van der Waals surface area contributed by atoms with Crippen molar-refractivity contribution in [1.82, 2.24) is 0 Å². The maximum Gasteiger partial charge on any atom is 6.00 e. The van der Waals surface area contributed by atoms with Crippen molar-refractivity contribution in [1.29, 1.82) is 0 Å². The number of halogens is 5. The van der Waals surface area contributed by atoms with Crippen LogP contribution in [0.2, 0.25) is 0 Å². The van der Waals surface area contributed by atoms with Crippen LogP contribution in [-0.2, 0) is 22.2 Å². The van der Waals surface area contributed by atoms with E-state index in [1.54, 1.807) is 0 Å². The van der Waals surface area contributed by atoms with Crippen LogP contribution in [0.4, 0.5) is 0 Å². The Labute approximate surface area is 121 Å². The Hall–Kier alpha value is 1.45. The van der Waals surface area contributed by atoms with Crippen molar-refractivity contribution in [2.24, 2.45) is 5.92 Å². The molecule has 0 aromatic carbocycles. The molecule has 0 spiro atoms. The molecule has 0 atom stereocenters. The largest absolute Gasteiger partial charge is 6.00 e. The van der Waals surface area contributed by atoms with Crippen molar-refractivity contribution in [3.63, 3.8) is 0 Å². The summed E-state index contributed by atoms with van der Waals surface area (Å²) < 4.78 is 0. The Morgan fingerprint density at radius 1 is 1.08 bits per heavy atom. The topological polar surface area (TPSA) is 40.1 Å². The molecular formula is C5H9Cl5CrO2. The third kappa shape index (κ3) is 59.3. The molecule has 0 aromatic heterocycles. The Bertz CT molecular complexity index is 83.3. The minimum Gasteiger partial charge on any atom is -1.00 e. The number of carboxylic acid groups (broad SMARTS) is 1. The first-order chi connectivity index (χ1) is 3.13. The number of carbonyl (C=O) groups excluding carboxylic acids is 1. The van der Waals surface area contributed by atoms with Crippen molar-refractivity contribution < 1.29 is 89.3 Å². The maximum absolute atomic E-state index is 9.70. The standard InChI is InChI=1S/C5H10O2.5ClH.Cr/c1-4(2)3-5(6)7;;;;;;/h4H,3H2,1-2H3,(H,6,7);5*1H;/q;;;;;;+6/p-6. The van der Waals surface area contributed by atoms with Gasteiger partial charge >= 0.3 is 17.4 Å². The van der Waals surface area contributed by atoms with Crippen LogP contribution in [-0.4, -0.2) is 5.97 Å². The zero-order valence-electron chi connectivity index (χ0n) is 6.90. The van der Waals surface area contributed by atoms with Crippen LogP contribution >= 0.6 is 0 Å². The first-order valence-electron chi connectivity index (χ1n) is 2.32. The zero-order chi connectivity index (χ0) is 5.86. The molecule has 0 saturated carbocycles. The van der Waals surface area contributed by atoms with E-state index in [0.29, 0.717) is 0 Å². The monoisotopic (exact) mass is 328 g/mol. The van der Waals surface area contributed by atoms with E-state index < -0.39 is 5.97 Å². The van der Waals surface area contributed by atoms with Gasteiger partial charge in [0.15, 0.2) is 0 Å². The summed E-state index contributed by atoms with van der Waals surface area (Å²) in [6.07, 6.45) is 0.167. The normalized spacial score (nSPS) is 5.15. The number of hydrogen-bond acceptors (Lipinski definition) is 2. The number of carboxylic acids is 1. The van der Waals surface area contributed by atoms with E-state index >= 15 is 0 Å². The Morgan fingerprint density at radius 2 is 1.31 bits per heavy atom. The van der Waals surface area contributed by atoms with Gasteiger partial charge in [0.05, 0.1) is 0 Å². The van der Waals surface area contributed by atoms with Crippen LogP contribution in [0.5, 0.6) is 0 Å². The number of rotatable bonds is 2. The van der Waals surface area contributed by atoms with Gasteiger partial charge in [-0.15, -0.1) is 0 Å². The SMILES string of the molecule is CC(C)CC(=O)[O-].[Cl-].[Cl-].[Cl-].[Cl-].[Cl-].[Cr+6]. The predicted octanol–water partition coefficient (Wildman–Crippen LogP) is -15.2. The molecule has 82 valence electrons. The molecule has 2 nitrogen and oxygen atoms in total. The third-order valence-corrected chi connectivity index (χ3v) is 0.575. The zero-order valence-corrected chi connectivity index (χ0v) is 12.0. The van der Waals surface area contributed by atoms with Gasteiger partial charge in [-0.25, -0.2) is 0 Å². The Balaban J connectivity index is -0.0000000120. The summed E-state index contributed by atoms with van der Waals surface area (Å²) in [5, 5.41) is 9.70. The van der Waals surface area contributed by atoms with E-state index in [0.717, 1.165) is 0 Å². The number of carbonyl (C=O) groups is 1. The quantitative estimate of drug-likeness (QED) is 0.505. The molecule has 0 amide bonds. The Kier molecular flexibility index (Phi) is 106. The minimum absolute atomic E-state index is 0. The fraction of sp³-hybridized carbons (Fsp3) is 0.800. The van der Waals surface area contributed by atoms with Crippen LogP contribution in [0.25, 0.3) is 0 Å². The van der Waals surface area contributed by atoms with Gasteiger partial charge in [0.2, 0.25) is 0 Å². The summed E-state index contributed by atoms with van der Waals surface area (Å²) >= 11 is 0. The average Bonchev–Trinajstić information content (AvgIpc) is 1.27. The summed E-state index contributed by atoms with van der Waals surface area (Å²) in [7, 11) is 0. The van der Waals surface area contributed by atoms with Crippen molar-refractivity contribution in [2.75, 3.05) is 0 Å². The van der Waals surface area contributed by atoms with E-state index in [1.165, 1.54) is 0 Å². The van der Waals surface area contributed by atoms with Crippen LogP contribution in [0.1, 0.15) is 20.3 Å². The molecule has 0 aliphatic rings.